The van der Waals surface area contributed by atoms with Crippen LogP contribution in [0.3, 0.4) is 0 Å². The fourth-order valence-electron chi connectivity index (χ4n) is 8.92. The summed E-state index contributed by atoms with van der Waals surface area (Å²) in [7, 11) is 1.49. The zero-order valence-corrected chi connectivity index (χ0v) is 20.5. The Morgan fingerprint density at radius 2 is 1.88 bits per heavy atom. The summed E-state index contributed by atoms with van der Waals surface area (Å²) in [6, 6.07) is -0.572. The molecule has 4 saturated carbocycles. The number of hydrogen-bond donors (Lipinski definition) is 2. The van der Waals surface area contributed by atoms with E-state index in [1.807, 2.05) is 0 Å². The van der Waals surface area contributed by atoms with Gasteiger partial charge in [0.05, 0.1) is 7.11 Å². The summed E-state index contributed by atoms with van der Waals surface area (Å²) >= 11 is 0. The Hall–Kier alpha value is -1.59. The number of nitrogens with two attached hydrogens (primary N) is 1. The molecule has 0 aliphatic heterocycles. The fourth-order valence-corrected chi connectivity index (χ4v) is 8.92. The lowest BCUT2D eigenvalue weighted by Gasteiger charge is -2.60. The van der Waals surface area contributed by atoms with Crippen molar-refractivity contribution in [3.8, 4) is 0 Å². The number of hydrazone groups is 1. The molecule has 4 fully saturated rings. The first-order chi connectivity index (χ1) is 15.2. The van der Waals surface area contributed by atoms with Gasteiger partial charge in [-0.1, -0.05) is 20.8 Å². The van der Waals surface area contributed by atoms with Crippen molar-refractivity contribution in [2.75, 3.05) is 7.11 Å². The monoisotopic (exact) mass is 445 g/mol. The zero-order chi connectivity index (χ0) is 23.1. The molecule has 0 aromatic rings. The van der Waals surface area contributed by atoms with Crippen LogP contribution in [0.4, 0.5) is 4.79 Å². The molecule has 2 amide bonds. The number of esters is 1. The van der Waals surface area contributed by atoms with E-state index in [-0.39, 0.29) is 5.97 Å². The van der Waals surface area contributed by atoms with Crippen molar-refractivity contribution in [3.63, 3.8) is 0 Å². The van der Waals surface area contributed by atoms with Gasteiger partial charge >= 0.3 is 12.0 Å². The minimum atomic E-state index is -0.572. The van der Waals surface area contributed by atoms with E-state index < -0.39 is 6.03 Å². The largest absolute Gasteiger partial charge is 0.469 e. The molecule has 0 heterocycles. The SMILES string of the molecule is COC(=O)CC[C@H](C)[C@H]1CC[C@@H]2[C@H]3CC[C@@H]4C/C(=N\NC(N)=O)CC[C@]4(C)[C@H]3CC[C@@]21C. The lowest BCUT2D eigenvalue weighted by Crippen LogP contribution is -2.54. The van der Waals surface area contributed by atoms with Gasteiger partial charge in [-0.15, -0.1) is 0 Å². The molecule has 0 radical (unpaired) electrons. The van der Waals surface area contributed by atoms with E-state index in [0.717, 1.165) is 48.6 Å². The molecule has 4 aliphatic rings. The molecule has 6 heteroatoms. The van der Waals surface area contributed by atoms with Crippen LogP contribution in [0.2, 0.25) is 0 Å². The van der Waals surface area contributed by atoms with Crippen molar-refractivity contribution in [2.45, 2.75) is 91.4 Å². The topological polar surface area (TPSA) is 93.8 Å². The third-order valence-corrected chi connectivity index (χ3v) is 10.6. The molecule has 0 saturated heterocycles. The summed E-state index contributed by atoms with van der Waals surface area (Å²) in [4.78, 5) is 22.7. The predicted molar refractivity (Wildman–Crippen MR) is 126 cm³/mol. The van der Waals surface area contributed by atoms with Gasteiger partial charge in [0.15, 0.2) is 0 Å². The van der Waals surface area contributed by atoms with Gasteiger partial charge in [-0.2, -0.15) is 5.10 Å². The highest BCUT2D eigenvalue weighted by molar-refractivity contribution is 5.87. The third-order valence-electron chi connectivity index (χ3n) is 10.6. The summed E-state index contributed by atoms with van der Waals surface area (Å²) in [5.41, 5.74) is 9.59. The minimum absolute atomic E-state index is 0.0715. The molecule has 0 aromatic heterocycles. The van der Waals surface area contributed by atoms with Gasteiger partial charge in [0.25, 0.3) is 0 Å². The summed E-state index contributed by atoms with van der Waals surface area (Å²) in [6.45, 7) is 7.50. The van der Waals surface area contributed by atoms with Crippen molar-refractivity contribution in [2.24, 2.45) is 57.2 Å². The van der Waals surface area contributed by atoms with Crippen molar-refractivity contribution < 1.29 is 14.3 Å². The Balaban J connectivity index is 1.45. The fraction of sp³-hybridized carbons (Fsp3) is 0.885. The van der Waals surface area contributed by atoms with Gasteiger partial charge < -0.3 is 10.5 Å². The van der Waals surface area contributed by atoms with Crippen LogP contribution in [0, 0.1) is 46.3 Å². The van der Waals surface area contributed by atoms with Crippen LogP contribution in [0.15, 0.2) is 5.10 Å². The maximum atomic E-state index is 11.7. The van der Waals surface area contributed by atoms with Crippen LogP contribution < -0.4 is 11.2 Å². The van der Waals surface area contributed by atoms with Gasteiger partial charge in [-0.05, 0) is 111 Å². The number of urea groups is 1. The first kappa shape index (κ1) is 23.6. The molecule has 0 spiro atoms. The van der Waals surface area contributed by atoms with Crippen molar-refractivity contribution in [3.05, 3.63) is 0 Å². The summed E-state index contributed by atoms with van der Waals surface area (Å²) in [5.74, 6) is 4.40. The Morgan fingerprint density at radius 1 is 1.12 bits per heavy atom. The minimum Gasteiger partial charge on any atom is -0.469 e. The Kier molecular flexibility index (Phi) is 6.61. The number of hydrogen-bond acceptors (Lipinski definition) is 4. The number of carbonyl (C=O) groups excluding carboxylic acids is 2. The maximum absolute atomic E-state index is 11.7. The number of rotatable bonds is 5. The molecule has 0 aromatic carbocycles. The second-order valence-electron chi connectivity index (χ2n) is 11.8. The van der Waals surface area contributed by atoms with Gasteiger partial charge in [0.2, 0.25) is 0 Å². The zero-order valence-electron chi connectivity index (χ0n) is 20.5. The van der Waals surface area contributed by atoms with Crippen molar-refractivity contribution >= 4 is 17.7 Å². The van der Waals surface area contributed by atoms with Crippen LogP contribution in [0.5, 0.6) is 0 Å². The highest BCUT2D eigenvalue weighted by Gasteiger charge is 2.60. The summed E-state index contributed by atoms with van der Waals surface area (Å²) in [6.07, 6.45) is 12.7. The lowest BCUT2D eigenvalue weighted by molar-refractivity contribution is -0.141. The van der Waals surface area contributed by atoms with Crippen LogP contribution >= 0.6 is 0 Å². The number of primary amides is 1. The Morgan fingerprint density at radius 3 is 2.59 bits per heavy atom. The second-order valence-corrected chi connectivity index (χ2v) is 11.8. The van der Waals surface area contributed by atoms with E-state index in [2.05, 4.69) is 31.3 Å². The molecule has 0 unspecified atom stereocenters. The number of carbonyl (C=O) groups is 2. The predicted octanol–water partition coefficient (Wildman–Crippen LogP) is 5.26. The van der Waals surface area contributed by atoms with E-state index in [0.29, 0.717) is 29.1 Å². The Bertz CT molecular complexity index is 767. The first-order valence-electron chi connectivity index (χ1n) is 12.9. The average molecular weight is 446 g/mol. The molecule has 32 heavy (non-hydrogen) atoms. The summed E-state index contributed by atoms with van der Waals surface area (Å²) < 4.78 is 4.89. The molecular formula is C26H43N3O3. The molecule has 180 valence electrons. The van der Waals surface area contributed by atoms with Crippen LogP contribution in [0.1, 0.15) is 91.4 Å². The normalized spacial score (nSPS) is 43.0. The number of amides is 2. The molecule has 8 atom stereocenters. The van der Waals surface area contributed by atoms with Crippen molar-refractivity contribution in [1.29, 1.82) is 0 Å². The van der Waals surface area contributed by atoms with Gasteiger partial charge in [0.1, 0.15) is 0 Å². The Labute approximate surface area is 193 Å². The number of methoxy groups -OCH3 is 1. The first-order valence-corrected chi connectivity index (χ1v) is 12.9. The molecule has 4 rings (SSSR count). The van der Waals surface area contributed by atoms with Crippen LogP contribution in [-0.2, 0) is 9.53 Å². The summed E-state index contributed by atoms with van der Waals surface area (Å²) in [5, 5.41) is 4.30. The molecular weight excluding hydrogens is 402 g/mol. The van der Waals surface area contributed by atoms with E-state index >= 15 is 0 Å². The highest BCUT2D eigenvalue weighted by atomic mass is 16.5. The third kappa shape index (κ3) is 4.07. The van der Waals surface area contributed by atoms with E-state index in [1.165, 1.54) is 52.1 Å². The van der Waals surface area contributed by atoms with E-state index in [1.54, 1.807) is 0 Å². The average Bonchev–Trinajstić information content (AvgIpc) is 3.12. The molecule has 6 nitrogen and oxygen atoms in total. The standard InChI is InChI=1S/C26H43N3O3/c1-16(5-10-23(30)32-4)20-8-9-21-19-7-6-17-15-18(28-29-24(27)31)11-13-25(17,2)22(19)12-14-26(20,21)3/h16-17,19-22H,5-15H2,1-4H3,(H3,27,29,31)/b28-18-/t16-,17+,19+,20+,21+,22-,25-,26+/m0/s1. The number of ether oxygens (including phenoxy) is 1. The molecule has 0 bridgehead atoms. The maximum Gasteiger partial charge on any atom is 0.332 e. The molecule has 3 N–H and O–H groups in total. The highest BCUT2D eigenvalue weighted by Crippen LogP contribution is 2.68. The quantitative estimate of drug-likeness (QED) is 0.446. The second kappa shape index (κ2) is 8.98. The van der Waals surface area contributed by atoms with Gasteiger partial charge in [0, 0.05) is 12.1 Å². The van der Waals surface area contributed by atoms with E-state index in [4.69, 9.17) is 10.5 Å². The van der Waals surface area contributed by atoms with Gasteiger partial charge in [-0.3, -0.25) is 4.79 Å². The smallest absolute Gasteiger partial charge is 0.332 e. The number of fused-ring (bicyclic) bond motifs is 5. The van der Waals surface area contributed by atoms with Crippen LogP contribution in [-0.4, -0.2) is 24.8 Å². The number of nitrogens with zero attached hydrogens (tertiary/aromatic N) is 1. The number of nitrogens with one attached hydrogen (secondary N) is 1. The molecule has 4 aliphatic carbocycles. The van der Waals surface area contributed by atoms with Crippen molar-refractivity contribution in [1.82, 2.24) is 5.43 Å². The lowest BCUT2D eigenvalue weighted by atomic mass is 9.44. The van der Waals surface area contributed by atoms with Crippen LogP contribution in [0.25, 0.3) is 0 Å². The van der Waals surface area contributed by atoms with Gasteiger partial charge in [-0.25, -0.2) is 10.2 Å². The van der Waals surface area contributed by atoms with E-state index in [9.17, 15) is 9.59 Å².